The molecule has 0 aliphatic heterocycles. The summed E-state index contributed by atoms with van der Waals surface area (Å²) in [7, 11) is 0. The number of carbonyl (C=O) groups is 1. The van der Waals surface area contributed by atoms with Gasteiger partial charge in [0.2, 0.25) is 0 Å². The van der Waals surface area contributed by atoms with Gasteiger partial charge in [0.15, 0.2) is 0 Å². The van der Waals surface area contributed by atoms with Crippen LogP contribution in [-0.4, -0.2) is 113 Å². The van der Waals surface area contributed by atoms with Gasteiger partial charge in [0.25, 0.3) is 0 Å². The molecular formula is C33H57NaO11. The second-order valence-electron chi connectivity index (χ2n) is 14.8. The number of aliphatic hydroxyl groups excluding tert-OH is 6. The van der Waals surface area contributed by atoms with Crippen LogP contribution in [0.5, 0.6) is 0 Å². The Morgan fingerprint density at radius 1 is 0.844 bits per heavy atom. The van der Waals surface area contributed by atoms with Crippen molar-refractivity contribution in [1.29, 1.82) is 0 Å². The third-order valence-corrected chi connectivity index (χ3v) is 12.4. The molecule has 14 atom stereocenters. The van der Waals surface area contributed by atoms with Gasteiger partial charge in [-0.05, 0) is 98.7 Å². The Bertz CT molecular complexity index is 927. The summed E-state index contributed by atoms with van der Waals surface area (Å²) in [6, 6.07) is 0. The molecule has 0 radical (unpaired) electrons. The van der Waals surface area contributed by atoms with Crippen LogP contribution < -0.4 is 34.7 Å². The smallest absolute Gasteiger partial charge is 0.550 e. The zero-order valence-electron chi connectivity index (χ0n) is 27.8. The first-order chi connectivity index (χ1) is 20.9. The summed E-state index contributed by atoms with van der Waals surface area (Å²) in [4.78, 5) is 11.3. The Morgan fingerprint density at radius 3 is 2.04 bits per heavy atom. The Labute approximate surface area is 290 Å². The van der Waals surface area contributed by atoms with E-state index in [1.165, 1.54) is 0 Å². The average molecular weight is 653 g/mol. The standard InChI is InChI=1S/C33H58O11.Na/c1-19(4-7-30(40)41)25-5-6-26-31-27(12-29(33(25,26)3)44-18-23(39)15-36)32(2)9-8-24(42-16-21(37)13-34)10-20(32)11-28(31)43-17-22(38)14-35;/h19-29,31,34-39H,4-18H2,1-3H3,(H,40,41);/q;+1/p-1/t19-,20+,21?,22?,23?,24-,25-,26+,27+,28-,29+,31+,32+,33-;/m1./s1. The molecule has 0 spiro atoms. The monoisotopic (exact) mass is 652 g/mol. The molecule has 4 aliphatic carbocycles. The molecule has 4 fully saturated rings. The molecule has 0 amide bonds. The van der Waals surface area contributed by atoms with E-state index in [2.05, 4.69) is 20.8 Å². The summed E-state index contributed by atoms with van der Waals surface area (Å²) < 4.78 is 19.1. The van der Waals surface area contributed by atoms with Crippen LogP contribution in [0, 0.1) is 46.3 Å². The molecule has 0 aromatic heterocycles. The van der Waals surface area contributed by atoms with Gasteiger partial charge in [-0.1, -0.05) is 20.8 Å². The van der Waals surface area contributed by atoms with Gasteiger partial charge >= 0.3 is 29.6 Å². The van der Waals surface area contributed by atoms with Crippen LogP contribution in [0.2, 0.25) is 0 Å². The van der Waals surface area contributed by atoms with Crippen LogP contribution in [0.15, 0.2) is 0 Å². The van der Waals surface area contributed by atoms with Crippen LogP contribution in [0.4, 0.5) is 0 Å². The molecule has 256 valence electrons. The SMILES string of the molecule is C[C@H](CCC(=O)[O-])[C@H]1CC[C@H]2[C@@H]3[C@H](OCC(O)CO)C[C@@H]4C[C@H](OCC(O)CO)CC[C@]4(C)[C@H]3C[C@H](OCC(O)CO)[C@]12C.[Na+]. The number of carboxylic acids is 1. The van der Waals surface area contributed by atoms with E-state index < -0.39 is 24.3 Å². The molecule has 0 aromatic carbocycles. The van der Waals surface area contributed by atoms with E-state index in [1.54, 1.807) is 0 Å². The maximum absolute atomic E-state index is 11.3. The molecular weight excluding hydrogens is 595 g/mol. The predicted octanol–water partition coefficient (Wildman–Crippen LogP) is -2.75. The van der Waals surface area contributed by atoms with Gasteiger partial charge in [0.05, 0.1) is 58.0 Å². The van der Waals surface area contributed by atoms with E-state index in [4.69, 9.17) is 14.2 Å². The van der Waals surface area contributed by atoms with E-state index >= 15 is 0 Å². The summed E-state index contributed by atoms with van der Waals surface area (Å²) in [5.74, 6) is 0.104. The zero-order valence-corrected chi connectivity index (χ0v) is 29.8. The fourth-order valence-electron chi connectivity index (χ4n) is 10.1. The van der Waals surface area contributed by atoms with Crippen molar-refractivity contribution in [2.45, 2.75) is 115 Å². The average Bonchev–Trinajstić information content (AvgIpc) is 3.37. The Morgan fingerprint density at radius 2 is 1.44 bits per heavy atom. The number of rotatable bonds is 16. The first kappa shape index (κ1) is 39.5. The maximum atomic E-state index is 11.3. The molecule has 0 saturated heterocycles. The predicted molar refractivity (Wildman–Crippen MR) is 158 cm³/mol. The number of carboxylic acid groups (broad SMARTS) is 1. The van der Waals surface area contributed by atoms with Crippen molar-refractivity contribution in [2.24, 2.45) is 46.3 Å². The summed E-state index contributed by atoms with van der Waals surface area (Å²) >= 11 is 0. The largest absolute Gasteiger partial charge is 1.00 e. The van der Waals surface area contributed by atoms with Gasteiger partial charge in [-0.2, -0.15) is 0 Å². The normalized spacial score (nSPS) is 40.3. The molecule has 12 heteroatoms. The van der Waals surface area contributed by atoms with E-state index in [0.717, 1.165) is 44.9 Å². The maximum Gasteiger partial charge on any atom is 1.00 e. The topological polar surface area (TPSA) is 189 Å². The summed E-state index contributed by atoms with van der Waals surface area (Å²) in [5.41, 5.74) is -0.365. The van der Waals surface area contributed by atoms with Crippen LogP contribution in [0.3, 0.4) is 0 Å². The molecule has 0 heterocycles. The number of aliphatic carboxylic acids is 1. The van der Waals surface area contributed by atoms with Gasteiger partial charge in [0, 0.05) is 11.4 Å². The van der Waals surface area contributed by atoms with E-state index in [9.17, 15) is 40.5 Å². The second kappa shape index (κ2) is 17.2. The van der Waals surface area contributed by atoms with E-state index in [1.807, 2.05) is 0 Å². The molecule has 0 bridgehead atoms. The summed E-state index contributed by atoms with van der Waals surface area (Å²) in [6.07, 6.45) is 3.17. The van der Waals surface area contributed by atoms with Crippen LogP contribution in [-0.2, 0) is 19.0 Å². The van der Waals surface area contributed by atoms with Gasteiger partial charge in [0.1, 0.15) is 18.3 Å². The minimum Gasteiger partial charge on any atom is -0.550 e. The summed E-state index contributed by atoms with van der Waals surface area (Å²) in [6.45, 7) is 5.77. The third kappa shape index (κ3) is 8.65. The number of aliphatic hydroxyl groups is 6. The molecule has 4 saturated carbocycles. The zero-order chi connectivity index (χ0) is 32.2. The minimum absolute atomic E-state index is 0. The molecule has 4 aliphatic rings. The summed E-state index contributed by atoms with van der Waals surface area (Å²) in [5, 5.41) is 70.1. The molecule has 11 nitrogen and oxygen atoms in total. The third-order valence-electron chi connectivity index (χ3n) is 12.4. The number of hydrogen-bond donors (Lipinski definition) is 6. The van der Waals surface area contributed by atoms with Crippen molar-refractivity contribution < 1.29 is 84.3 Å². The van der Waals surface area contributed by atoms with Crippen LogP contribution >= 0.6 is 0 Å². The minimum atomic E-state index is -1.05. The number of ether oxygens (including phenoxy) is 3. The van der Waals surface area contributed by atoms with Gasteiger partial charge < -0.3 is 54.8 Å². The Hall–Kier alpha value is 0.110. The van der Waals surface area contributed by atoms with E-state index in [0.29, 0.717) is 6.42 Å². The van der Waals surface area contributed by atoms with Crippen molar-refractivity contribution in [3.8, 4) is 0 Å². The number of fused-ring (bicyclic) bond motifs is 5. The van der Waals surface area contributed by atoms with Gasteiger partial charge in [-0.3, -0.25) is 0 Å². The van der Waals surface area contributed by atoms with Crippen molar-refractivity contribution >= 4 is 5.97 Å². The molecule has 45 heavy (non-hydrogen) atoms. The van der Waals surface area contributed by atoms with Crippen molar-refractivity contribution in [1.82, 2.24) is 0 Å². The Balaban J connectivity index is 0.00000552. The molecule has 0 aromatic rings. The van der Waals surface area contributed by atoms with Crippen LogP contribution in [0.1, 0.15) is 78.6 Å². The van der Waals surface area contributed by atoms with Gasteiger partial charge in [-0.15, -0.1) is 0 Å². The van der Waals surface area contributed by atoms with Crippen molar-refractivity contribution in [3.63, 3.8) is 0 Å². The van der Waals surface area contributed by atoms with Crippen molar-refractivity contribution in [2.75, 3.05) is 39.6 Å². The van der Waals surface area contributed by atoms with Crippen molar-refractivity contribution in [3.05, 3.63) is 0 Å². The van der Waals surface area contributed by atoms with Gasteiger partial charge in [-0.25, -0.2) is 0 Å². The van der Waals surface area contributed by atoms with E-state index in [-0.39, 0.29) is 140 Å². The first-order valence-corrected chi connectivity index (χ1v) is 16.8. The molecule has 6 N–H and O–H groups in total. The Kier molecular flexibility index (Phi) is 15.1. The second-order valence-corrected chi connectivity index (χ2v) is 14.8. The van der Waals surface area contributed by atoms with Crippen LogP contribution in [0.25, 0.3) is 0 Å². The fourth-order valence-corrected chi connectivity index (χ4v) is 10.1. The molecule has 3 unspecified atom stereocenters. The number of hydrogen-bond acceptors (Lipinski definition) is 11. The molecule has 4 rings (SSSR count). The number of carbonyl (C=O) groups excluding carboxylic acids is 1. The first-order valence-electron chi connectivity index (χ1n) is 16.8. The quantitative estimate of drug-likeness (QED) is 0.0949. The fraction of sp³-hybridized carbons (Fsp3) is 0.970.